The van der Waals surface area contributed by atoms with Crippen LogP contribution in [0.4, 0.5) is 0 Å². The molecule has 0 aliphatic heterocycles. The summed E-state index contributed by atoms with van der Waals surface area (Å²) in [5.74, 6) is 0. The van der Waals surface area contributed by atoms with E-state index in [9.17, 15) is 0 Å². The van der Waals surface area contributed by atoms with Crippen LogP contribution >= 0.6 is 0 Å². The third-order valence-electron chi connectivity index (χ3n) is 4.20. The first kappa shape index (κ1) is 27.6. The van der Waals surface area contributed by atoms with Crippen LogP contribution in [0.2, 0.25) is 0 Å². The average Bonchev–Trinajstić information content (AvgIpc) is 2.71. The topological polar surface area (TPSA) is 108 Å². The van der Waals surface area contributed by atoms with Gasteiger partial charge in [0, 0.05) is 91.6 Å². The maximum absolute atomic E-state index is 3.48. The van der Waals surface area contributed by atoms with Gasteiger partial charge >= 0.3 is 0 Å². The molecule has 9 N–H and O–H groups in total. The Labute approximate surface area is 173 Å². The van der Waals surface area contributed by atoms with Gasteiger partial charge in [0.2, 0.25) is 0 Å². The molecule has 0 bridgehead atoms. The Morgan fingerprint density at radius 2 is 0.500 bits per heavy atom. The molecule has 0 aromatic rings. The lowest BCUT2D eigenvalue weighted by molar-refractivity contribution is 0.544. The summed E-state index contributed by atoms with van der Waals surface area (Å²) < 4.78 is 0. The molecule has 0 aromatic carbocycles. The van der Waals surface area contributed by atoms with Crippen LogP contribution < -0.4 is 47.9 Å². The second-order valence-electron chi connectivity index (χ2n) is 6.81. The fraction of sp³-hybridized carbons (Fsp3) is 1.00. The van der Waals surface area contributed by atoms with Crippen molar-refractivity contribution in [3.63, 3.8) is 0 Å². The van der Waals surface area contributed by atoms with Crippen molar-refractivity contribution in [3.05, 3.63) is 0 Å². The highest BCUT2D eigenvalue weighted by molar-refractivity contribution is 4.59. The minimum atomic E-state index is 1.02. The Kier molecular flexibility index (Phi) is 26.3. The van der Waals surface area contributed by atoms with Gasteiger partial charge < -0.3 is 47.9 Å². The summed E-state index contributed by atoms with van der Waals surface area (Å²) in [6.07, 6.45) is 1.18. The first-order valence-electron chi connectivity index (χ1n) is 11.2. The molecule has 0 unspecified atom stereocenters. The molecule has 9 heteroatoms. The van der Waals surface area contributed by atoms with E-state index in [4.69, 9.17) is 0 Å². The summed E-state index contributed by atoms with van der Waals surface area (Å²) in [4.78, 5) is 0. The maximum atomic E-state index is 3.48. The Bertz CT molecular complexity index is 244. The van der Waals surface area contributed by atoms with Crippen molar-refractivity contribution in [3.8, 4) is 0 Å². The molecule has 0 saturated carbocycles. The van der Waals surface area contributed by atoms with E-state index in [1.807, 2.05) is 14.1 Å². The summed E-state index contributed by atoms with van der Waals surface area (Å²) >= 11 is 0. The third-order valence-corrected chi connectivity index (χ3v) is 4.20. The van der Waals surface area contributed by atoms with E-state index < -0.39 is 0 Å². The molecule has 0 atom stereocenters. The van der Waals surface area contributed by atoms with Crippen molar-refractivity contribution in [2.24, 2.45) is 0 Å². The Balaban J connectivity index is 2.96. The van der Waals surface area contributed by atoms with Crippen LogP contribution in [0.5, 0.6) is 0 Å². The SMILES string of the molecule is CNCCNCCNCCCNCCNCCNCCNCCNCCNC. The fourth-order valence-corrected chi connectivity index (χ4v) is 2.52. The van der Waals surface area contributed by atoms with Gasteiger partial charge in [0.15, 0.2) is 0 Å². The zero-order chi connectivity index (χ0) is 20.4. The van der Waals surface area contributed by atoms with Crippen LogP contribution in [0.25, 0.3) is 0 Å². The van der Waals surface area contributed by atoms with Gasteiger partial charge in [0.05, 0.1) is 0 Å². The van der Waals surface area contributed by atoms with Crippen molar-refractivity contribution in [1.29, 1.82) is 0 Å². The van der Waals surface area contributed by atoms with E-state index in [0.29, 0.717) is 0 Å². The Hall–Kier alpha value is -0.360. The number of hydrogen-bond acceptors (Lipinski definition) is 9. The lowest BCUT2D eigenvalue weighted by atomic mass is 10.4. The van der Waals surface area contributed by atoms with Gasteiger partial charge in [-0.3, -0.25) is 0 Å². The molecule has 0 fully saturated rings. The van der Waals surface area contributed by atoms with Gasteiger partial charge in [-0.05, 0) is 33.6 Å². The monoisotopic (exact) mass is 403 g/mol. The molecule has 0 rings (SSSR count). The van der Waals surface area contributed by atoms with Crippen LogP contribution in [0.3, 0.4) is 0 Å². The standard InChI is InChI=1S/C19H49N9/c1-20-6-8-24-12-10-22-4-3-5-23-11-13-26-16-17-28-19-18-27-15-14-25-9-7-21-2/h20-28H,3-19H2,1-2H3. The van der Waals surface area contributed by atoms with Gasteiger partial charge in [-0.2, -0.15) is 0 Å². The highest BCUT2D eigenvalue weighted by atomic mass is 15.0. The summed E-state index contributed by atoms with van der Waals surface area (Å²) in [6.45, 7) is 16.6. The predicted molar refractivity (Wildman–Crippen MR) is 123 cm³/mol. The van der Waals surface area contributed by atoms with E-state index in [1.54, 1.807) is 0 Å². The van der Waals surface area contributed by atoms with Crippen molar-refractivity contribution < 1.29 is 0 Å². The third kappa shape index (κ3) is 25.6. The summed E-state index contributed by atoms with van der Waals surface area (Å²) in [5.41, 5.74) is 0. The predicted octanol–water partition coefficient (Wildman–Crippen LogP) is -3.06. The highest BCUT2D eigenvalue weighted by Gasteiger charge is 1.92. The first-order valence-corrected chi connectivity index (χ1v) is 11.2. The molecule has 0 spiro atoms. The van der Waals surface area contributed by atoms with Gasteiger partial charge in [0.1, 0.15) is 0 Å². The average molecular weight is 404 g/mol. The second kappa shape index (κ2) is 26.6. The zero-order valence-corrected chi connectivity index (χ0v) is 18.5. The molecule has 9 nitrogen and oxygen atoms in total. The largest absolute Gasteiger partial charge is 0.318 e. The van der Waals surface area contributed by atoms with Crippen molar-refractivity contribution in [2.75, 3.05) is 119 Å². The van der Waals surface area contributed by atoms with E-state index >= 15 is 0 Å². The van der Waals surface area contributed by atoms with Crippen LogP contribution in [0.1, 0.15) is 6.42 Å². The van der Waals surface area contributed by atoms with Gasteiger partial charge in [-0.25, -0.2) is 0 Å². The second-order valence-corrected chi connectivity index (χ2v) is 6.81. The van der Waals surface area contributed by atoms with Crippen LogP contribution in [0.15, 0.2) is 0 Å². The Morgan fingerprint density at radius 1 is 0.286 bits per heavy atom. The van der Waals surface area contributed by atoms with Crippen molar-refractivity contribution in [2.45, 2.75) is 6.42 Å². The maximum Gasteiger partial charge on any atom is 0.00772 e. The molecule has 28 heavy (non-hydrogen) atoms. The Morgan fingerprint density at radius 3 is 0.750 bits per heavy atom. The number of hydrogen-bond donors (Lipinski definition) is 9. The lowest BCUT2D eigenvalue weighted by Gasteiger charge is -2.09. The fourth-order valence-electron chi connectivity index (χ4n) is 2.52. The molecular formula is C19H49N9. The van der Waals surface area contributed by atoms with Gasteiger partial charge in [-0.15, -0.1) is 0 Å². The molecule has 0 saturated heterocycles. The molecular weight excluding hydrogens is 354 g/mol. The van der Waals surface area contributed by atoms with Crippen LogP contribution in [-0.2, 0) is 0 Å². The zero-order valence-electron chi connectivity index (χ0n) is 18.5. The molecule has 0 aliphatic rings. The summed E-state index contributed by atoms with van der Waals surface area (Å²) in [6, 6.07) is 0. The van der Waals surface area contributed by atoms with Gasteiger partial charge in [0.25, 0.3) is 0 Å². The van der Waals surface area contributed by atoms with Crippen LogP contribution in [0, 0.1) is 0 Å². The molecule has 0 aliphatic carbocycles. The molecule has 0 heterocycles. The van der Waals surface area contributed by atoms with E-state index in [1.165, 1.54) is 6.42 Å². The lowest BCUT2D eigenvalue weighted by Crippen LogP contribution is -2.37. The summed E-state index contributed by atoms with van der Waals surface area (Å²) in [5, 5.41) is 30.3. The van der Waals surface area contributed by atoms with Crippen LogP contribution in [-0.4, -0.2) is 119 Å². The highest BCUT2D eigenvalue weighted by Crippen LogP contribution is 1.73. The minimum absolute atomic E-state index is 1.02. The summed E-state index contributed by atoms with van der Waals surface area (Å²) in [7, 11) is 3.96. The minimum Gasteiger partial charge on any atom is -0.318 e. The number of rotatable bonds is 25. The van der Waals surface area contributed by atoms with E-state index in [-0.39, 0.29) is 0 Å². The smallest absolute Gasteiger partial charge is 0.00772 e. The van der Waals surface area contributed by atoms with Crippen molar-refractivity contribution in [1.82, 2.24) is 47.9 Å². The normalized spacial score (nSPS) is 11.4. The molecule has 170 valence electrons. The van der Waals surface area contributed by atoms with E-state index in [2.05, 4.69) is 47.9 Å². The first-order chi connectivity index (χ1) is 13.9. The van der Waals surface area contributed by atoms with E-state index in [0.717, 1.165) is 105 Å². The van der Waals surface area contributed by atoms with Gasteiger partial charge in [-0.1, -0.05) is 0 Å². The number of nitrogens with one attached hydrogen (secondary N) is 9. The molecule has 0 amide bonds. The van der Waals surface area contributed by atoms with Crippen molar-refractivity contribution >= 4 is 0 Å². The molecule has 0 radical (unpaired) electrons. The number of likely N-dealkylation sites (N-methyl/N-ethyl adjacent to an activating group) is 2. The molecule has 0 aromatic heterocycles. The quantitative estimate of drug-likeness (QED) is 0.0735.